The first-order valence-electron chi connectivity index (χ1n) is 8.63. The Morgan fingerprint density at radius 1 is 1.18 bits per heavy atom. The molecule has 0 aliphatic rings. The maximum absolute atomic E-state index is 12.1. The molecule has 0 aliphatic heterocycles. The highest BCUT2D eigenvalue weighted by Gasteiger charge is 2.14. The van der Waals surface area contributed by atoms with Gasteiger partial charge in [-0.1, -0.05) is 23.0 Å². The normalized spacial score (nSPS) is 11.1. The second-order valence-corrected chi connectivity index (χ2v) is 7.36. The molecular formula is C19H18N6O2S. The van der Waals surface area contributed by atoms with Gasteiger partial charge in [-0.15, -0.1) is 0 Å². The Bertz CT molecular complexity index is 1170. The van der Waals surface area contributed by atoms with Crippen LogP contribution in [0, 0.1) is 20.8 Å². The van der Waals surface area contributed by atoms with Gasteiger partial charge < -0.3 is 9.84 Å². The molecule has 0 aliphatic carbocycles. The monoisotopic (exact) mass is 394 g/mol. The number of carbonyl (C=O) groups excluding carboxylic acids is 1. The minimum atomic E-state index is -0.188. The summed E-state index contributed by atoms with van der Waals surface area (Å²) in [4.78, 5) is 20.8. The Morgan fingerprint density at radius 3 is 2.79 bits per heavy atom. The fourth-order valence-electron chi connectivity index (χ4n) is 2.72. The number of benzene rings is 1. The van der Waals surface area contributed by atoms with Crippen molar-refractivity contribution in [2.24, 2.45) is 0 Å². The van der Waals surface area contributed by atoms with E-state index in [9.17, 15) is 4.79 Å². The molecule has 0 fully saturated rings. The summed E-state index contributed by atoms with van der Waals surface area (Å²) in [5, 5.41) is 12.4. The van der Waals surface area contributed by atoms with Crippen molar-refractivity contribution in [1.82, 2.24) is 24.9 Å². The average molecular weight is 394 g/mol. The predicted octanol–water partition coefficient (Wildman–Crippen LogP) is 3.46. The van der Waals surface area contributed by atoms with E-state index in [0.29, 0.717) is 22.3 Å². The number of aryl methyl sites for hydroxylation is 3. The quantitative estimate of drug-likeness (QED) is 0.409. The van der Waals surface area contributed by atoms with Crippen molar-refractivity contribution in [3.8, 4) is 5.69 Å². The largest absolute Gasteiger partial charge is 0.360 e. The molecule has 0 atom stereocenters. The molecule has 9 heteroatoms. The number of rotatable bonds is 5. The van der Waals surface area contributed by atoms with Gasteiger partial charge in [0, 0.05) is 6.07 Å². The lowest BCUT2D eigenvalue weighted by atomic mass is 10.1. The Labute approximate surface area is 165 Å². The third-order valence-corrected chi connectivity index (χ3v) is 5.31. The van der Waals surface area contributed by atoms with Crippen molar-refractivity contribution in [2.45, 2.75) is 25.8 Å². The smallest absolute Gasteiger partial charge is 0.236 e. The number of nitrogens with zero attached hydrogens (tertiary/aromatic N) is 5. The molecule has 0 unspecified atom stereocenters. The molecule has 28 heavy (non-hydrogen) atoms. The molecule has 0 saturated carbocycles. The predicted molar refractivity (Wildman–Crippen MR) is 107 cm³/mol. The van der Waals surface area contributed by atoms with Gasteiger partial charge in [-0.25, -0.2) is 14.6 Å². The van der Waals surface area contributed by atoms with Crippen LogP contribution in [0.1, 0.15) is 16.9 Å². The van der Waals surface area contributed by atoms with Crippen LogP contribution in [0.5, 0.6) is 0 Å². The lowest BCUT2D eigenvalue weighted by Crippen LogP contribution is -2.14. The highest BCUT2D eigenvalue weighted by molar-refractivity contribution is 8.00. The summed E-state index contributed by atoms with van der Waals surface area (Å²) in [5.41, 5.74) is 4.05. The molecule has 0 radical (unpaired) electrons. The molecule has 3 heterocycles. The fourth-order valence-corrected chi connectivity index (χ4v) is 3.48. The van der Waals surface area contributed by atoms with Gasteiger partial charge in [0.25, 0.3) is 0 Å². The van der Waals surface area contributed by atoms with Crippen LogP contribution in [-0.4, -0.2) is 36.6 Å². The highest BCUT2D eigenvalue weighted by Crippen LogP contribution is 2.26. The van der Waals surface area contributed by atoms with Crippen LogP contribution in [0.4, 0.5) is 5.82 Å². The van der Waals surface area contributed by atoms with Crippen LogP contribution in [0.15, 0.2) is 46.3 Å². The third kappa shape index (κ3) is 3.61. The summed E-state index contributed by atoms with van der Waals surface area (Å²) in [6.07, 6.45) is 3.22. The Balaban J connectivity index is 1.54. The van der Waals surface area contributed by atoms with Gasteiger partial charge >= 0.3 is 0 Å². The van der Waals surface area contributed by atoms with Crippen LogP contribution in [0.3, 0.4) is 0 Å². The minimum absolute atomic E-state index is 0.187. The van der Waals surface area contributed by atoms with Gasteiger partial charge in [0.15, 0.2) is 11.5 Å². The van der Waals surface area contributed by atoms with Gasteiger partial charge in [-0.2, -0.15) is 5.10 Å². The van der Waals surface area contributed by atoms with Crippen LogP contribution in [0.25, 0.3) is 16.7 Å². The maximum Gasteiger partial charge on any atom is 0.236 e. The Hall–Kier alpha value is -3.20. The number of amides is 1. The number of carbonyl (C=O) groups is 1. The van der Waals surface area contributed by atoms with Crippen LogP contribution >= 0.6 is 11.8 Å². The van der Waals surface area contributed by atoms with E-state index in [2.05, 4.69) is 51.5 Å². The Kier molecular flexibility index (Phi) is 4.82. The van der Waals surface area contributed by atoms with Crippen LogP contribution < -0.4 is 5.32 Å². The Morgan fingerprint density at radius 2 is 2.04 bits per heavy atom. The summed E-state index contributed by atoms with van der Waals surface area (Å²) in [7, 11) is 0. The topological polar surface area (TPSA) is 98.7 Å². The molecule has 142 valence electrons. The number of aromatic nitrogens is 5. The van der Waals surface area contributed by atoms with E-state index in [1.807, 2.05) is 6.07 Å². The van der Waals surface area contributed by atoms with Crippen LogP contribution in [0.2, 0.25) is 0 Å². The zero-order valence-corrected chi connectivity index (χ0v) is 16.4. The summed E-state index contributed by atoms with van der Waals surface area (Å²) in [6.45, 7) is 5.90. The number of nitrogens with one attached hydrogen (secondary N) is 1. The van der Waals surface area contributed by atoms with Crippen LogP contribution in [-0.2, 0) is 4.79 Å². The molecule has 4 rings (SSSR count). The van der Waals surface area contributed by atoms with Gasteiger partial charge in [-0.3, -0.25) is 4.79 Å². The zero-order valence-electron chi connectivity index (χ0n) is 15.6. The number of hydrogen-bond acceptors (Lipinski definition) is 7. The van der Waals surface area contributed by atoms with Gasteiger partial charge in [0.2, 0.25) is 5.91 Å². The number of hydrogen-bond donors (Lipinski definition) is 1. The third-order valence-electron chi connectivity index (χ3n) is 4.30. The summed E-state index contributed by atoms with van der Waals surface area (Å²) < 4.78 is 6.73. The fraction of sp³-hybridized carbons (Fsp3) is 0.211. The van der Waals surface area contributed by atoms with Crippen molar-refractivity contribution in [1.29, 1.82) is 0 Å². The van der Waals surface area contributed by atoms with Gasteiger partial charge in [0.1, 0.15) is 17.1 Å². The molecular weight excluding hydrogens is 376 g/mol. The molecule has 1 N–H and O–H groups in total. The lowest BCUT2D eigenvalue weighted by molar-refractivity contribution is -0.113. The molecule has 0 bridgehead atoms. The number of anilines is 1. The molecule has 0 spiro atoms. The van der Waals surface area contributed by atoms with Crippen molar-refractivity contribution in [3.05, 3.63) is 53.7 Å². The first kappa shape index (κ1) is 18.2. The van der Waals surface area contributed by atoms with Gasteiger partial charge in [-0.05, 0) is 44.0 Å². The van der Waals surface area contributed by atoms with E-state index in [0.717, 1.165) is 11.1 Å². The maximum atomic E-state index is 12.1. The molecule has 4 aromatic rings. The van der Waals surface area contributed by atoms with Crippen molar-refractivity contribution in [2.75, 3.05) is 11.1 Å². The van der Waals surface area contributed by atoms with E-state index in [1.54, 1.807) is 23.9 Å². The van der Waals surface area contributed by atoms with E-state index in [-0.39, 0.29) is 11.7 Å². The second kappa shape index (κ2) is 7.43. The molecule has 1 aromatic carbocycles. The average Bonchev–Trinajstić information content (AvgIpc) is 3.28. The van der Waals surface area contributed by atoms with E-state index >= 15 is 0 Å². The minimum Gasteiger partial charge on any atom is -0.360 e. The first-order valence-corrected chi connectivity index (χ1v) is 9.62. The summed E-state index contributed by atoms with van der Waals surface area (Å²) in [5.74, 6) is 1.04. The highest BCUT2D eigenvalue weighted by atomic mass is 32.2. The number of thioether (sulfide) groups is 1. The van der Waals surface area contributed by atoms with Gasteiger partial charge in [0.05, 0.1) is 23.0 Å². The summed E-state index contributed by atoms with van der Waals surface area (Å²) >= 11 is 1.32. The first-order chi connectivity index (χ1) is 13.5. The van der Waals surface area contributed by atoms with Crippen molar-refractivity contribution in [3.63, 3.8) is 0 Å². The van der Waals surface area contributed by atoms with Crippen molar-refractivity contribution >= 4 is 34.5 Å². The number of fused-ring (bicyclic) bond motifs is 1. The standard InChI is InChI=1S/C19H18N6O2S/c1-11-4-5-14(6-12(11)2)25-18-15(8-22-25)19(21-10-20-18)28-9-17(26)23-16-7-13(3)27-24-16/h4-8,10H,9H2,1-3H3,(H,23,24,26). The second-order valence-electron chi connectivity index (χ2n) is 6.40. The molecule has 8 nitrogen and oxygen atoms in total. The lowest BCUT2D eigenvalue weighted by Gasteiger charge is -2.07. The molecule has 0 saturated heterocycles. The van der Waals surface area contributed by atoms with E-state index in [1.165, 1.54) is 29.2 Å². The van der Waals surface area contributed by atoms with E-state index < -0.39 is 0 Å². The van der Waals surface area contributed by atoms with Crippen molar-refractivity contribution < 1.29 is 9.32 Å². The SMILES string of the molecule is Cc1cc(NC(=O)CSc2ncnc3c2cnn3-c2ccc(C)c(C)c2)no1. The zero-order chi connectivity index (χ0) is 19.7. The molecule has 3 aromatic heterocycles. The van der Waals surface area contributed by atoms with E-state index in [4.69, 9.17) is 4.52 Å². The summed E-state index contributed by atoms with van der Waals surface area (Å²) in [6, 6.07) is 7.81. The molecule has 1 amide bonds.